The molecule has 0 aliphatic carbocycles. The summed E-state index contributed by atoms with van der Waals surface area (Å²) >= 11 is 1.41. The standard InChI is InChI=1S/C15H22N6O5S/c1-17-12-9-13(19-5-18-12)21(6-20-9)14-11(23)10(22)8(26-14)4-27-3-2-7(16)15(24)25/h5-8,10-11,14,22-23H,2-4,16H2,1H3,(H,24,25)(H,17,18,19)/t7?,8-,10-,11-,14?/m1/s1. The molecular weight excluding hydrogens is 376 g/mol. The van der Waals surface area contributed by atoms with Crippen LogP contribution in [-0.2, 0) is 9.53 Å². The second-order valence-corrected chi connectivity index (χ2v) is 7.30. The monoisotopic (exact) mass is 398 g/mol. The van der Waals surface area contributed by atoms with E-state index in [4.69, 9.17) is 15.6 Å². The highest BCUT2D eigenvalue weighted by Crippen LogP contribution is 2.33. The number of aliphatic hydroxyl groups is 2. The first-order chi connectivity index (χ1) is 12.9. The Bertz CT molecular complexity index is 804. The van der Waals surface area contributed by atoms with Gasteiger partial charge in [-0.15, -0.1) is 0 Å². The van der Waals surface area contributed by atoms with E-state index in [1.54, 1.807) is 11.6 Å². The Morgan fingerprint density at radius 1 is 1.41 bits per heavy atom. The summed E-state index contributed by atoms with van der Waals surface area (Å²) in [5, 5.41) is 32.4. The number of fused-ring (bicyclic) bond motifs is 1. The van der Waals surface area contributed by atoms with E-state index >= 15 is 0 Å². The van der Waals surface area contributed by atoms with Crippen LogP contribution in [0.15, 0.2) is 12.7 Å². The molecule has 0 amide bonds. The van der Waals surface area contributed by atoms with Crippen molar-refractivity contribution in [3.8, 4) is 0 Å². The second kappa shape index (κ2) is 8.35. The third kappa shape index (κ3) is 3.99. The number of aliphatic hydroxyl groups excluding tert-OH is 2. The molecule has 12 heteroatoms. The van der Waals surface area contributed by atoms with Crippen LogP contribution in [0.2, 0.25) is 0 Å². The van der Waals surface area contributed by atoms with Crippen LogP contribution >= 0.6 is 11.8 Å². The topological polar surface area (TPSA) is 169 Å². The Hall–Kier alpha value is -1.99. The number of carboxylic acids is 1. The van der Waals surface area contributed by atoms with Crippen molar-refractivity contribution in [3.05, 3.63) is 12.7 Å². The maximum absolute atomic E-state index is 10.7. The van der Waals surface area contributed by atoms with Crippen LogP contribution < -0.4 is 11.1 Å². The number of nitrogens with one attached hydrogen (secondary N) is 1. The van der Waals surface area contributed by atoms with Gasteiger partial charge in [0.05, 0.1) is 12.4 Å². The lowest BCUT2D eigenvalue weighted by molar-refractivity contribution is -0.138. The third-order valence-electron chi connectivity index (χ3n) is 4.38. The van der Waals surface area contributed by atoms with Gasteiger partial charge in [0.25, 0.3) is 0 Å². The number of nitrogens with zero attached hydrogens (tertiary/aromatic N) is 4. The van der Waals surface area contributed by atoms with Crippen molar-refractivity contribution in [2.24, 2.45) is 5.73 Å². The predicted octanol–water partition coefficient (Wildman–Crippen LogP) is -0.978. The largest absolute Gasteiger partial charge is 0.480 e. The number of carboxylic acid groups (broad SMARTS) is 1. The number of imidazole rings is 1. The highest BCUT2D eigenvalue weighted by molar-refractivity contribution is 7.99. The van der Waals surface area contributed by atoms with Crippen LogP contribution in [0.5, 0.6) is 0 Å². The van der Waals surface area contributed by atoms with E-state index in [2.05, 4.69) is 20.3 Å². The average Bonchev–Trinajstić information content (AvgIpc) is 3.20. The third-order valence-corrected chi connectivity index (χ3v) is 5.47. The fourth-order valence-electron chi connectivity index (χ4n) is 2.85. The zero-order valence-electron chi connectivity index (χ0n) is 14.6. The van der Waals surface area contributed by atoms with Crippen LogP contribution in [0, 0.1) is 0 Å². The maximum Gasteiger partial charge on any atom is 0.320 e. The molecule has 0 bridgehead atoms. The number of ether oxygens (including phenoxy) is 1. The molecule has 1 aliphatic heterocycles. The molecule has 0 radical (unpaired) electrons. The highest BCUT2D eigenvalue weighted by Gasteiger charge is 2.44. The Morgan fingerprint density at radius 3 is 2.89 bits per heavy atom. The Morgan fingerprint density at radius 2 is 2.19 bits per heavy atom. The van der Waals surface area contributed by atoms with E-state index in [0.717, 1.165) is 0 Å². The first kappa shape index (κ1) is 19.8. The molecule has 0 spiro atoms. The molecule has 3 rings (SSSR count). The van der Waals surface area contributed by atoms with E-state index in [9.17, 15) is 15.0 Å². The van der Waals surface area contributed by atoms with Gasteiger partial charge < -0.3 is 31.1 Å². The molecule has 5 atom stereocenters. The van der Waals surface area contributed by atoms with E-state index < -0.39 is 36.6 Å². The van der Waals surface area contributed by atoms with Crippen LogP contribution in [-0.4, -0.2) is 83.7 Å². The van der Waals surface area contributed by atoms with Gasteiger partial charge in [-0.1, -0.05) is 0 Å². The molecule has 148 valence electrons. The minimum absolute atomic E-state index is 0.310. The Kier molecular flexibility index (Phi) is 6.11. The fraction of sp³-hybridized carbons (Fsp3) is 0.600. The van der Waals surface area contributed by atoms with Crippen molar-refractivity contribution < 1.29 is 24.9 Å². The fourth-order valence-corrected chi connectivity index (χ4v) is 3.95. The summed E-state index contributed by atoms with van der Waals surface area (Å²) in [6.07, 6.45) is -0.507. The highest BCUT2D eigenvalue weighted by atomic mass is 32.2. The molecular formula is C15H22N6O5S. The van der Waals surface area contributed by atoms with Gasteiger partial charge in [-0.3, -0.25) is 9.36 Å². The smallest absolute Gasteiger partial charge is 0.320 e. The molecule has 1 aliphatic rings. The van der Waals surface area contributed by atoms with Crippen LogP contribution in [0.25, 0.3) is 11.2 Å². The first-order valence-corrected chi connectivity index (χ1v) is 9.52. The van der Waals surface area contributed by atoms with Gasteiger partial charge in [0.2, 0.25) is 0 Å². The number of rotatable bonds is 8. The summed E-state index contributed by atoms with van der Waals surface area (Å²) in [5.41, 5.74) is 6.47. The van der Waals surface area contributed by atoms with Gasteiger partial charge in [-0.05, 0) is 12.2 Å². The number of aliphatic carboxylic acids is 1. The number of thioether (sulfide) groups is 1. The Balaban J connectivity index is 1.66. The normalized spacial score (nSPS) is 26.4. The summed E-state index contributed by atoms with van der Waals surface area (Å²) in [4.78, 5) is 23.3. The first-order valence-electron chi connectivity index (χ1n) is 8.37. The van der Waals surface area contributed by atoms with Gasteiger partial charge in [-0.25, -0.2) is 15.0 Å². The van der Waals surface area contributed by atoms with Gasteiger partial charge in [0, 0.05) is 12.8 Å². The molecule has 2 aromatic heterocycles. The average molecular weight is 398 g/mol. The summed E-state index contributed by atoms with van der Waals surface area (Å²) in [7, 11) is 1.72. The molecule has 11 nitrogen and oxygen atoms in total. The SMILES string of the molecule is CNc1ncnc2c1ncn2C1O[C@H](CSCCC(N)C(=O)O)[C@@H](O)[C@H]1O. The summed E-state index contributed by atoms with van der Waals surface area (Å²) < 4.78 is 7.41. The van der Waals surface area contributed by atoms with Gasteiger partial charge in [-0.2, -0.15) is 11.8 Å². The van der Waals surface area contributed by atoms with Gasteiger partial charge >= 0.3 is 5.97 Å². The van der Waals surface area contributed by atoms with Gasteiger partial charge in [0.1, 0.15) is 30.1 Å². The lowest BCUT2D eigenvalue weighted by Gasteiger charge is -2.16. The minimum Gasteiger partial charge on any atom is -0.480 e. The van der Waals surface area contributed by atoms with Crippen molar-refractivity contribution in [2.75, 3.05) is 23.9 Å². The lowest BCUT2D eigenvalue weighted by Crippen LogP contribution is -2.33. The van der Waals surface area contributed by atoms with Crippen molar-refractivity contribution in [2.45, 2.75) is 37.0 Å². The zero-order chi connectivity index (χ0) is 19.6. The number of carbonyl (C=O) groups is 1. The molecule has 6 N–H and O–H groups in total. The summed E-state index contributed by atoms with van der Waals surface area (Å²) in [6.45, 7) is 0. The molecule has 2 unspecified atom stereocenters. The van der Waals surface area contributed by atoms with Crippen LogP contribution in [0.1, 0.15) is 12.6 Å². The number of hydrogen-bond acceptors (Lipinski definition) is 10. The van der Waals surface area contributed by atoms with E-state index in [1.165, 1.54) is 24.4 Å². The minimum atomic E-state index is -1.15. The Labute approximate surface area is 159 Å². The zero-order valence-corrected chi connectivity index (χ0v) is 15.4. The molecule has 0 aromatic carbocycles. The quantitative estimate of drug-likeness (QED) is 0.347. The molecule has 1 saturated heterocycles. The molecule has 0 saturated carbocycles. The van der Waals surface area contributed by atoms with Crippen molar-refractivity contribution in [1.82, 2.24) is 19.5 Å². The predicted molar refractivity (Wildman–Crippen MR) is 98.3 cm³/mol. The van der Waals surface area contributed by atoms with Crippen LogP contribution in [0.4, 0.5) is 5.82 Å². The van der Waals surface area contributed by atoms with Crippen molar-refractivity contribution in [3.63, 3.8) is 0 Å². The maximum atomic E-state index is 10.7. The van der Waals surface area contributed by atoms with Crippen LogP contribution in [0.3, 0.4) is 0 Å². The van der Waals surface area contributed by atoms with E-state index in [1.807, 2.05) is 0 Å². The van der Waals surface area contributed by atoms with Crippen molar-refractivity contribution in [1.29, 1.82) is 0 Å². The number of hydrogen-bond donors (Lipinski definition) is 5. The van der Waals surface area contributed by atoms with E-state index in [-0.39, 0.29) is 0 Å². The number of anilines is 1. The second-order valence-electron chi connectivity index (χ2n) is 6.15. The molecule has 1 fully saturated rings. The molecule has 27 heavy (non-hydrogen) atoms. The number of nitrogens with two attached hydrogens (primary N) is 1. The van der Waals surface area contributed by atoms with Gasteiger partial charge in [0.15, 0.2) is 17.7 Å². The van der Waals surface area contributed by atoms with E-state index in [0.29, 0.717) is 34.9 Å². The molecule has 3 heterocycles. The summed E-state index contributed by atoms with van der Waals surface area (Å²) in [6, 6.07) is -0.913. The summed E-state index contributed by atoms with van der Waals surface area (Å²) in [5.74, 6) is 0.407. The molecule has 2 aromatic rings. The number of aromatic nitrogens is 4. The lowest BCUT2D eigenvalue weighted by atomic mass is 10.1. The van der Waals surface area contributed by atoms with Crippen molar-refractivity contribution >= 4 is 34.7 Å².